The largest absolute Gasteiger partial charge is 0.494 e. The number of aromatic nitrogens is 1. The minimum absolute atomic E-state index is 0.0933. The van der Waals surface area contributed by atoms with Crippen LogP contribution in [0.1, 0.15) is 33.9 Å². The molecule has 0 saturated carbocycles. The van der Waals surface area contributed by atoms with E-state index < -0.39 is 63.7 Å². The molecule has 0 saturated heterocycles. The van der Waals surface area contributed by atoms with E-state index in [1.807, 2.05) is 0 Å². The van der Waals surface area contributed by atoms with Gasteiger partial charge in [0.05, 0.1) is 40.8 Å². The Morgan fingerprint density at radius 3 is 2.32 bits per heavy atom. The van der Waals surface area contributed by atoms with Gasteiger partial charge in [0.25, 0.3) is 15.7 Å². The summed E-state index contributed by atoms with van der Waals surface area (Å²) in [6, 6.07) is 11.8. The Bertz CT molecular complexity index is 1900. The van der Waals surface area contributed by atoms with E-state index in [2.05, 4.69) is 0 Å². The van der Waals surface area contributed by atoms with Crippen LogP contribution in [0.3, 0.4) is 0 Å². The molecule has 1 aliphatic rings. The molecule has 1 atom stereocenters. The van der Waals surface area contributed by atoms with Gasteiger partial charge in [-0.15, -0.1) is 11.8 Å². The number of rotatable bonds is 8. The second-order valence-corrected chi connectivity index (χ2v) is 12.9. The zero-order valence-corrected chi connectivity index (χ0v) is 25.3. The number of fused-ring (bicyclic) bond motifs is 1. The number of methoxy groups -OCH3 is 1. The molecule has 3 aromatic carbocycles. The molecule has 0 bridgehead atoms. The molecule has 1 unspecified atom stereocenters. The topological polar surface area (TPSA) is 74.6 Å². The number of thioether (sulfide) groups is 1. The van der Waals surface area contributed by atoms with Gasteiger partial charge in [-0.05, 0) is 55.3 Å². The van der Waals surface area contributed by atoms with Crippen molar-refractivity contribution in [3.63, 3.8) is 0 Å². The van der Waals surface area contributed by atoms with Gasteiger partial charge in [-0.1, -0.05) is 35.9 Å². The predicted molar refractivity (Wildman–Crippen MR) is 156 cm³/mol. The third-order valence-electron chi connectivity index (χ3n) is 7.47. The second kappa shape index (κ2) is 12.0. The van der Waals surface area contributed by atoms with Crippen LogP contribution in [0.4, 0.5) is 22.0 Å². The van der Waals surface area contributed by atoms with Crippen LogP contribution in [0.15, 0.2) is 75.4 Å². The highest BCUT2D eigenvalue weighted by Crippen LogP contribution is 2.42. The third-order valence-corrected chi connectivity index (χ3v) is 10.0. The average molecular weight is 652 g/mol. The lowest BCUT2D eigenvalue weighted by molar-refractivity contribution is -0.138. The molecule has 1 aromatic heterocycles. The number of hydrogen-bond donors (Lipinski definition) is 0. The SMILES string of the molecule is COc1cccc(-c2c(C)c(Cc3c(F)cccc3C(F)(F)F)c3n(c2=O)C(COS(=O)(=O)c2ccc(C)cc2)CS3)c1F. The van der Waals surface area contributed by atoms with E-state index in [0.29, 0.717) is 0 Å². The zero-order valence-electron chi connectivity index (χ0n) is 23.7. The Kier molecular flexibility index (Phi) is 8.67. The van der Waals surface area contributed by atoms with E-state index >= 15 is 4.39 Å². The molecule has 13 heteroatoms. The first-order valence-electron chi connectivity index (χ1n) is 13.3. The van der Waals surface area contributed by atoms with Crippen LogP contribution in [0.5, 0.6) is 5.75 Å². The van der Waals surface area contributed by atoms with Crippen LogP contribution in [-0.2, 0) is 26.9 Å². The Morgan fingerprint density at radius 2 is 1.66 bits per heavy atom. The number of hydrogen-bond acceptors (Lipinski definition) is 6. The summed E-state index contributed by atoms with van der Waals surface area (Å²) < 4.78 is 110. The molecular weight excluding hydrogens is 625 g/mol. The van der Waals surface area contributed by atoms with Crippen LogP contribution < -0.4 is 10.3 Å². The van der Waals surface area contributed by atoms with Crippen molar-refractivity contribution in [2.24, 2.45) is 0 Å². The highest BCUT2D eigenvalue weighted by atomic mass is 32.2. The van der Waals surface area contributed by atoms with E-state index in [4.69, 9.17) is 8.92 Å². The molecule has 232 valence electrons. The second-order valence-electron chi connectivity index (χ2n) is 10.2. The minimum atomic E-state index is -4.87. The molecular formula is C31H26F5NO5S2. The minimum Gasteiger partial charge on any atom is -0.494 e. The van der Waals surface area contributed by atoms with Gasteiger partial charge in [-0.25, -0.2) is 8.78 Å². The summed E-state index contributed by atoms with van der Waals surface area (Å²) in [5, 5.41) is 0.220. The fraction of sp³-hybridized carbons (Fsp3) is 0.258. The van der Waals surface area contributed by atoms with Gasteiger partial charge >= 0.3 is 6.18 Å². The van der Waals surface area contributed by atoms with Crippen molar-refractivity contribution in [1.29, 1.82) is 0 Å². The number of halogens is 5. The van der Waals surface area contributed by atoms with E-state index in [-0.39, 0.29) is 43.7 Å². The Balaban J connectivity index is 1.67. The first-order valence-corrected chi connectivity index (χ1v) is 15.7. The Morgan fingerprint density at radius 1 is 0.977 bits per heavy atom. The van der Waals surface area contributed by atoms with Gasteiger partial charge < -0.3 is 4.74 Å². The quantitative estimate of drug-likeness (QED) is 0.150. The Labute approximate surface area is 254 Å². The first-order chi connectivity index (χ1) is 20.7. The van der Waals surface area contributed by atoms with E-state index in [1.165, 1.54) is 48.9 Å². The summed E-state index contributed by atoms with van der Waals surface area (Å²) in [7, 11) is -2.99. The molecule has 4 aromatic rings. The molecule has 0 N–H and O–H groups in total. The maximum Gasteiger partial charge on any atom is 0.416 e. The molecule has 44 heavy (non-hydrogen) atoms. The molecule has 2 heterocycles. The van der Waals surface area contributed by atoms with Crippen molar-refractivity contribution in [3.05, 3.63) is 110 Å². The fourth-order valence-electron chi connectivity index (χ4n) is 5.20. The van der Waals surface area contributed by atoms with Crippen LogP contribution in [0, 0.1) is 25.5 Å². The lowest BCUT2D eigenvalue weighted by atomic mass is 9.92. The number of aryl methyl sites for hydroxylation is 1. The van der Waals surface area contributed by atoms with Crippen molar-refractivity contribution in [2.75, 3.05) is 19.5 Å². The highest BCUT2D eigenvalue weighted by Gasteiger charge is 2.37. The number of nitrogens with zero attached hydrogens (tertiary/aromatic N) is 1. The van der Waals surface area contributed by atoms with Crippen molar-refractivity contribution >= 4 is 21.9 Å². The molecule has 0 fully saturated rings. The summed E-state index contributed by atoms with van der Waals surface area (Å²) in [5.74, 6) is -2.01. The molecule has 0 amide bonds. The van der Waals surface area contributed by atoms with E-state index in [9.17, 15) is 30.8 Å². The van der Waals surface area contributed by atoms with Gasteiger partial charge in [-0.3, -0.25) is 13.5 Å². The fourth-order valence-corrected chi connectivity index (χ4v) is 7.51. The van der Waals surface area contributed by atoms with E-state index in [1.54, 1.807) is 19.1 Å². The molecule has 0 radical (unpaired) electrons. The highest BCUT2D eigenvalue weighted by molar-refractivity contribution is 7.99. The van der Waals surface area contributed by atoms with Gasteiger partial charge in [0.2, 0.25) is 0 Å². The Hall–Kier alpha value is -3.68. The van der Waals surface area contributed by atoms with Crippen LogP contribution >= 0.6 is 11.8 Å². The maximum atomic E-state index is 15.5. The number of benzene rings is 3. The zero-order chi connectivity index (χ0) is 32.0. The normalized spacial score (nSPS) is 15.0. The first kappa shape index (κ1) is 31.7. The van der Waals surface area contributed by atoms with Crippen molar-refractivity contribution in [3.8, 4) is 16.9 Å². The summed E-state index contributed by atoms with van der Waals surface area (Å²) in [5.41, 5.74) is -1.69. The van der Waals surface area contributed by atoms with Crippen molar-refractivity contribution in [2.45, 2.75) is 42.4 Å². The maximum absolute atomic E-state index is 15.5. The van der Waals surface area contributed by atoms with Gasteiger partial charge in [0.1, 0.15) is 5.82 Å². The average Bonchev–Trinajstić information content (AvgIpc) is 3.40. The summed E-state index contributed by atoms with van der Waals surface area (Å²) in [6.07, 6.45) is -5.43. The third kappa shape index (κ3) is 5.87. The molecule has 0 aliphatic carbocycles. The van der Waals surface area contributed by atoms with Crippen LogP contribution in [0.25, 0.3) is 11.1 Å². The van der Waals surface area contributed by atoms with Gasteiger partial charge in [-0.2, -0.15) is 21.6 Å². The number of alkyl halides is 3. The lowest BCUT2D eigenvalue weighted by Gasteiger charge is -2.22. The smallest absolute Gasteiger partial charge is 0.416 e. The molecule has 5 rings (SSSR count). The van der Waals surface area contributed by atoms with Crippen LogP contribution in [-0.4, -0.2) is 32.5 Å². The molecule has 0 spiro atoms. The van der Waals surface area contributed by atoms with E-state index in [0.717, 1.165) is 35.5 Å². The van der Waals surface area contributed by atoms with Crippen molar-refractivity contribution < 1.29 is 39.3 Å². The monoisotopic (exact) mass is 651 g/mol. The summed E-state index contributed by atoms with van der Waals surface area (Å²) in [4.78, 5) is 14.0. The summed E-state index contributed by atoms with van der Waals surface area (Å²) in [6.45, 7) is 2.77. The standard InChI is InChI=1S/C31H26F5NO5S2/c1-17-10-12-20(13-11-17)44(39,40)42-15-19-16-43-30-22(14-23-24(31(34,35)36)7-5-8-25(23)32)18(2)27(29(38)37(19)30)21-6-4-9-26(41-3)28(21)33/h4-13,19H,14-16H2,1-3H3. The predicted octanol–water partition coefficient (Wildman–Crippen LogP) is 7.08. The molecule has 6 nitrogen and oxygen atoms in total. The lowest BCUT2D eigenvalue weighted by Crippen LogP contribution is -2.30. The van der Waals surface area contributed by atoms with Crippen molar-refractivity contribution in [1.82, 2.24) is 4.57 Å². The number of pyridine rings is 1. The van der Waals surface area contributed by atoms with Gasteiger partial charge in [0, 0.05) is 23.3 Å². The van der Waals surface area contributed by atoms with Crippen LogP contribution in [0.2, 0.25) is 0 Å². The molecule has 1 aliphatic heterocycles. The summed E-state index contributed by atoms with van der Waals surface area (Å²) >= 11 is 1.10. The number of ether oxygens (including phenoxy) is 1. The van der Waals surface area contributed by atoms with Gasteiger partial charge in [0.15, 0.2) is 11.6 Å².